The molecule has 41 heavy (non-hydrogen) atoms. The van der Waals surface area contributed by atoms with Crippen LogP contribution in [-0.2, 0) is 0 Å². The van der Waals surface area contributed by atoms with Crippen molar-refractivity contribution in [2.45, 2.75) is 6.92 Å². The first-order valence-corrected chi connectivity index (χ1v) is 13.8. The first-order valence-electron chi connectivity index (χ1n) is 13.8. The van der Waals surface area contributed by atoms with Crippen LogP contribution in [0.3, 0.4) is 0 Å². The standard InChI is InChI=1S/C38H28N2O/c1-3-4-13-27-20-21-30-22-33-32-18-11-12-19-35(32)40(36(33)25-37(30)41-26(27)2)38-24-31(28-14-7-5-8-15-28)23-34(39-38)29-16-9-6-10-17-29/h3-25H,1H2,2H3. The minimum atomic E-state index is 0.819. The summed E-state index contributed by atoms with van der Waals surface area (Å²) in [5.41, 5.74) is 8.48. The molecular formula is C38H28N2O. The number of fused-ring (bicyclic) bond motifs is 4. The Hall–Kier alpha value is -5.41. The summed E-state index contributed by atoms with van der Waals surface area (Å²) in [6.07, 6.45) is 9.95. The van der Waals surface area contributed by atoms with Crippen molar-refractivity contribution in [1.29, 1.82) is 0 Å². The van der Waals surface area contributed by atoms with E-state index in [0.29, 0.717) is 0 Å². The molecule has 0 radical (unpaired) electrons. The first-order chi connectivity index (χ1) is 20.2. The highest BCUT2D eigenvalue weighted by atomic mass is 16.5. The predicted octanol–water partition coefficient (Wildman–Crippen LogP) is 9.93. The number of para-hydroxylation sites is 1. The van der Waals surface area contributed by atoms with Gasteiger partial charge in [0, 0.05) is 33.5 Å². The van der Waals surface area contributed by atoms with Gasteiger partial charge in [-0.05, 0) is 42.3 Å². The summed E-state index contributed by atoms with van der Waals surface area (Å²) in [5.74, 6) is 2.53. The lowest BCUT2D eigenvalue weighted by atomic mass is 10.0. The molecule has 2 aromatic heterocycles. The van der Waals surface area contributed by atoms with Gasteiger partial charge in [-0.2, -0.15) is 0 Å². The number of hydrogen-bond donors (Lipinski definition) is 0. The highest BCUT2D eigenvalue weighted by Crippen LogP contribution is 2.39. The fourth-order valence-electron chi connectivity index (χ4n) is 5.53. The van der Waals surface area contributed by atoms with E-state index in [-0.39, 0.29) is 0 Å². The van der Waals surface area contributed by atoms with Crippen LogP contribution in [0.15, 0.2) is 151 Å². The summed E-state index contributed by atoms with van der Waals surface area (Å²) in [6, 6.07) is 38.1. The molecule has 0 fully saturated rings. The molecule has 0 aliphatic carbocycles. The van der Waals surface area contributed by atoms with Crippen LogP contribution in [0, 0.1) is 0 Å². The van der Waals surface area contributed by atoms with E-state index < -0.39 is 0 Å². The Labute approximate surface area is 239 Å². The van der Waals surface area contributed by atoms with Crippen LogP contribution in [-0.4, -0.2) is 9.55 Å². The number of aromatic nitrogens is 2. The second-order valence-corrected chi connectivity index (χ2v) is 10.1. The summed E-state index contributed by atoms with van der Waals surface area (Å²) < 4.78 is 8.71. The molecule has 1 aliphatic heterocycles. The van der Waals surface area contributed by atoms with Gasteiger partial charge in [-0.15, -0.1) is 0 Å². The topological polar surface area (TPSA) is 27.1 Å². The molecule has 7 rings (SSSR count). The van der Waals surface area contributed by atoms with E-state index in [2.05, 4.69) is 120 Å². The number of ether oxygens (including phenoxy) is 1. The van der Waals surface area contributed by atoms with E-state index in [9.17, 15) is 0 Å². The lowest BCUT2D eigenvalue weighted by Crippen LogP contribution is -2.01. The van der Waals surface area contributed by atoms with E-state index in [0.717, 1.165) is 67.3 Å². The number of pyridine rings is 1. The van der Waals surface area contributed by atoms with Crippen molar-refractivity contribution in [3.63, 3.8) is 0 Å². The normalized spacial score (nSPS) is 13.0. The number of hydrogen-bond acceptors (Lipinski definition) is 2. The van der Waals surface area contributed by atoms with E-state index in [1.54, 1.807) is 6.08 Å². The highest BCUT2D eigenvalue weighted by Gasteiger charge is 2.19. The Kier molecular flexibility index (Phi) is 6.18. The van der Waals surface area contributed by atoms with Gasteiger partial charge in [0.15, 0.2) is 0 Å². The Morgan fingerprint density at radius 2 is 1.44 bits per heavy atom. The molecule has 3 nitrogen and oxygen atoms in total. The van der Waals surface area contributed by atoms with E-state index in [4.69, 9.17) is 9.72 Å². The molecule has 196 valence electrons. The minimum Gasteiger partial charge on any atom is -0.461 e. The number of benzene rings is 4. The smallest absolute Gasteiger partial charge is 0.138 e. The van der Waals surface area contributed by atoms with Crippen molar-refractivity contribution in [3.05, 3.63) is 157 Å². The van der Waals surface area contributed by atoms with Gasteiger partial charge in [-0.1, -0.05) is 116 Å². The molecule has 6 aromatic rings. The molecule has 0 saturated carbocycles. The van der Waals surface area contributed by atoms with Gasteiger partial charge in [-0.25, -0.2) is 4.98 Å². The molecule has 1 aliphatic rings. The Balaban J connectivity index is 1.50. The lowest BCUT2D eigenvalue weighted by Gasteiger charge is -2.14. The lowest BCUT2D eigenvalue weighted by molar-refractivity contribution is 0.425. The zero-order valence-electron chi connectivity index (χ0n) is 22.8. The van der Waals surface area contributed by atoms with Crippen LogP contribution in [0.5, 0.6) is 5.75 Å². The minimum absolute atomic E-state index is 0.819. The van der Waals surface area contributed by atoms with Crippen LogP contribution in [0.4, 0.5) is 0 Å². The third kappa shape index (κ3) is 4.48. The van der Waals surface area contributed by atoms with Crippen molar-refractivity contribution < 1.29 is 4.74 Å². The van der Waals surface area contributed by atoms with Gasteiger partial charge in [-0.3, -0.25) is 4.57 Å². The fourth-order valence-corrected chi connectivity index (χ4v) is 5.53. The van der Waals surface area contributed by atoms with Crippen molar-refractivity contribution in [3.8, 4) is 34.0 Å². The molecule has 0 spiro atoms. The quantitative estimate of drug-likeness (QED) is 0.208. The van der Waals surface area contributed by atoms with E-state index in [1.807, 2.05) is 31.2 Å². The van der Waals surface area contributed by atoms with Crippen LogP contribution >= 0.6 is 0 Å². The average molecular weight is 529 g/mol. The van der Waals surface area contributed by atoms with Gasteiger partial charge in [0.2, 0.25) is 0 Å². The second kappa shape index (κ2) is 10.3. The summed E-state index contributed by atoms with van der Waals surface area (Å²) in [6.45, 7) is 5.80. The maximum atomic E-state index is 6.45. The van der Waals surface area contributed by atoms with Crippen molar-refractivity contribution in [1.82, 2.24) is 9.55 Å². The molecule has 3 heterocycles. The van der Waals surface area contributed by atoms with Crippen LogP contribution in [0.25, 0.3) is 56.1 Å². The van der Waals surface area contributed by atoms with Crippen LogP contribution in [0.1, 0.15) is 12.5 Å². The molecule has 0 N–H and O–H groups in total. The van der Waals surface area contributed by atoms with E-state index >= 15 is 0 Å². The SMILES string of the molecule is C=CC=CC1=C(C)Oc2cc3c(cc2C=C1)c1ccccc1n3-c1cc(-c2ccccc2)cc(-c2ccccc2)n1. The third-order valence-electron chi connectivity index (χ3n) is 7.55. The highest BCUT2D eigenvalue weighted by molar-refractivity contribution is 6.10. The second-order valence-electron chi connectivity index (χ2n) is 10.1. The molecule has 0 amide bonds. The third-order valence-corrected chi connectivity index (χ3v) is 7.55. The number of allylic oxidation sites excluding steroid dienone is 6. The Morgan fingerprint density at radius 1 is 0.707 bits per heavy atom. The predicted molar refractivity (Wildman–Crippen MR) is 171 cm³/mol. The molecule has 0 atom stereocenters. The van der Waals surface area contributed by atoms with E-state index in [1.165, 1.54) is 5.39 Å². The molecule has 0 saturated heterocycles. The van der Waals surface area contributed by atoms with Crippen molar-refractivity contribution in [2.75, 3.05) is 0 Å². The van der Waals surface area contributed by atoms with Gasteiger partial charge in [0.25, 0.3) is 0 Å². The molecular weight excluding hydrogens is 500 g/mol. The number of rotatable bonds is 5. The zero-order valence-corrected chi connectivity index (χ0v) is 22.8. The molecule has 4 aromatic carbocycles. The van der Waals surface area contributed by atoms with Gasteiger partial charge in [0.05, 0.1) is 16.7 Å². The fraction of sp³-hybridized carbons (Fsp3) is 0.0263. The molecule has 0 bridgehead atoms. The van der Waals surface area contributed by atoms with Gasteiger partial charge >= 0.3 is 0 Å². The Morgan fingerprint density at radius 3 is 2.22 bits per heavy atom. The molecule has 0 unspecified atom stereocenters. The van der Waals surface area contributed by atoms with Crippen LogP contribution < -0.4 is 4.74 Å². The summed E-state index contributed by atoms with van der Waals surface area (Å²) in [5, 5.41) is 2.33. The monoisotopic (exact) mass is 528 g/mol. The largest absolute Gasteiger partial charge is 0.461 e. The summed E-state index contributed by atoms with van der Waals surface area (Å²) >= 11 is 0. The van der Waals surface area contributed by atoms with Gasteiger partial charge < -0.3 is 4.74 Å². The maximum Gasteiger partial charge on any atom is 0.138 e. The summed E-state index contributed by atoms with van der Waals surface area (Å²) in [4.78, 5) is 5.24. The average Bonchev–Trinajstić information content (AvgIpc) is 3.25. The number of nitrogens with zero attached hydrogens (tertiary/aromatic N) is 2. The maximum absolute atomic E-state index is 6.45. The van der Waals surface area contributed by atoms with Crippen molar-refractivity contribution >= 4 is 27.9 Å². The first kappa shape index (κ1) is 24.6. The van der Waals surface area contributed by atoms with Gasteiger partial charge in [0.1, 0.15) is 17.3 Å². The van der Waals surface area contributed by atoms with Crippen LogP contribution in [0.2, 0.25) is 0 Å². The van der Waals surface area contributed by atoms with Crippen molar-refractivity contribution in [2.24, 2.45) is 0 Å². The summed E-state index contributed by atoms with van der Waals surface area (Å²) in [7, 11) is 0. The zero-order chi connectivity index (χ0) is 27.8. The molecule has 3 heteroatoms. The Bertz CT molecular complexity index is 1970.